The van der Waals surface area contributed by atoms with E-state index in [2.05, 4.69) is 18.1 Å². The Morgan fingerprint density at radius 2 is 2.08 bits per heavy atom. The molecule has 0 saturated heterocycles. The summed E-state index contributed by atoms with van der Waals surface area (Å²) in [5, 5.41) is 14.4. The van der Waals surface area contributed by atoms with Crippen LogP contribution in [0.5, 0.6) is 0 Å². The van der Waals surface area contributed by atoms with E-state index in [0.29, 0.717) is 29.7 Å². The molecule has 0 bridgehead atoms. The van der Waals surface area contributed by atoms with E-state index in [9.17, 15) is 10.1 Å². The number of nitrogens with two attached hydrogens (primary N) is 1. The van der Waals surface area contributed by atoms with Gasteiger partial charge in [-0.05, 0) is 25.7 Å². The Hall–Kier alpha value is -2.55. The third-order valence-corrected chi connectivity index (χ3v) is 5.24. The molecular weight excluding hydrogens is 328 g/mol. The molecule has 3 rings (SSSR count). The zero-order valence-electron chi connectivity index (χ0n) is 16.1. The minimum absolute atomic E-state index is 0.0311. The normalized spacial score (nSPS) is 22.2. The quantitative estimate of drug-likeness (QED) is 0.898. The van der Waals surface area contributed by atoms with Gasteiger partial charge in [0.15, 0.2) is 5.78 Å². The lowest BCUT2D eigenvalue weighted by molar-refractivity contribution is -0.119. The molecule has 0 saturated carbocycles. The largest absolute Gasteiger partial charge is 0.444 e. The van der Waals surface area contributed by atoms with Crippen molar-refractivity contribution in [2.75, 3.05) is 0 Å². The standard InChI is InChI=1S/C20H26N4O2/c1-6-7-24-12(3)16(11(2)23-24)17-13(10-21)19(22)26-15-9-20(4,5)8-14(25)18(15)17/h17H,6-9,22H2,1-5H3/t17-/m1/s1. The first-order valence-electron chi connectivity index (χ1n) is 9.08. The van der Waals surface area contributed by atoms with E-state index < -0.39 is 5.92 Å². The van der Waals surface area contributed by atoms with Crippen molar-refractivity contribution in [3.05, 3.63) is 39.7 Å². The molecule has 2 heterocycles. The second-order valence-corrected chi connectivity index (χ2v) is 8.01. The highest BCUT2D eigenvalue weighted by Crippen LogP contribution is 2.48. The summed E-state index contributed by atoms with van der Waals surface area (Å²) in [5.74, 6) is 0.250. The summed E-state index contributed by atoms with van der Waals surface area (Å²) in [6, 6.07) is 2.18. The van der Waals surface area contributed by atoms with Crippen molar-refractivity contribution >= 4 is 5.78 Å². The lowest BCUT2D eigenvalue weighted by Gasteiger charge is -2.37. The maximum absolute atomic E-state index is 13.0. The van der Waals surface area contributed by atoms with Crippen molar-refractivity contribution in [2.24, 2.45) is 11.1 Å². The Morgan fingerprint density at radius 3 is 2.69 bits per heavy atom. The maximum atomic E-state index is 13.0. The van der Waals surface area contributed by atoms with E-state index in [4.69, 9.17) is 10.5 Å². The first-order valence-corrected chi connectivity index (χ1v) is 9.08. The fourth-order valence-electron chi connectivity index (χ4n) is 4.13. The molecule has 0 amide bonds. The number of allylic oxidation sites excluding steroid dienone is 3. The average Bonchev–Trinajstić information content (AvgIpc) is 2.79. The van der Waals surface area contributed by atoms with Crippen molar-refractivity contribution in [2.45, 2.75) is 66.3 Å². The third-order valence-electron chi connectivity index (χ3n) is 5.24. The van der Waals surface area contributed by atoms with E-state index in [1.165, 1.54) is 0 Å². The molecule has 1 atom stereocenters. The number of nitriles is 1. The number of aryl methyl sites for hydroxylation is 2. The Labute approximate surface area is 154 Å². The lowest BCUT2D eigenvalue weighted by Crippen LogP contribution is -2.33. The molecule has 1 aliphatic carbocycles. The first-order chi connectivity index (χ1) is 12.2. The minimum Gasteiger partial charge on any atom is -0.444 e. The summed E-state index contributed by atoms with van der Waals surface area (Å²) < 4.78 is 7.70. The van der Waals surface area contributed by atoms with Crippen LogP contribution in [0.1, 0.15) is 62.9 Å². The van der Waals surface area contributed by atoms with E-state index in [-0.39, 0.29) is 17.1 Å². The van der Waals surface area contributed by atoms with Crippen molar-refractivity contribution in [3.63, 3.8) is 0 Å². The summed E-state index contributed by atoms with van der Waals surface area (Å²) in [6.07, 6.45) is 2.02. The number of ketones is 1. The molecule has 0 spiro atoms. The molecule has 0 unspecified atom stereocenters. The van der Waals surface area contributed by atoms with Crippen LogP contribution >= 0.6 is 0 Å². The summed E-state index contributed by atoms with van der Waals surface area (Å²) in [6.45, 7) is 10.9. The van der Waals surface area contributed by atoms with Gasteiger partial charge in [0.2, 0.25) is 5.88 Å². The van der Waals surface area contributed by atoms with Crippen LogP contribution in [0.3, 0.4) is 0 Å². The number of ether oxygens (including phenoxy) is 1. The SMILES string of the molecule is CCCn1nc(C)c([C@H]2C(C#N)=C(N)OC3=C2C(=O)CC(C)(C)C3)c1C. The predicted molar refractivity (Wildman–Crippen MR) is 97.7 cm³/mol. The van der Waals surface area contributed by atoms with Crippen molar-refractivity contribution in [1.82, 2.24) is 9.78 Å². The summed E-state index contributed by atoms with van der Waals surface area (Å²) >= 11 is 0. The van der Waals surface area contributed by atoms with E-state index in [0.717, 1.165) is 29.9 Å². The first kappa shape index (κ1) is 18.2. The molecule has 0 radical (unpaired) electrons. The van der Waals surface area contributed by atoms with E-state index >= 15 is 0 Å². The second kappa shape index (κ2) is 6.31. The predicted octanol–water partition coefficient (Wildman–Crippen LogP) is 3.36. The molecule has 6 heteroatoms. The van der Waals surface area contributed by atoms with Gasteiger partial charge in [0.25, 0.3) is 0 Å². The summed E-state index contributed by atoms with van der Waals surface area (Å²) in [5.41, 5.74) is 9.50. The molecule has 1 aromatic rings. The van der Waals surface area contributed by atoms with Gasteiger partial charge in [-0.2, -0.15) is 10.4 Å². The van der Waals surface area contributed by atoms with Crippen molar-refractivity contribution < 1.29 is 9.53 Å². The monoisotopic (exact) mass is 354 g/mol. The number of carbonyl (C=O) groups is 1. The van der Waals surface area contributed by atoms with Crippen LogP contribution in [0.2, 0.25) is 0 Å². The van der Waals surface area contributed by atoms with Crippen LogP contribution in [-0.2, 0) is 16.1 Å². The molecule has 26 heavy (non-hydrogen) atoms. The van der Waals surface area contributed by atoms with Crippen molar-refractivity contribution in [1.29, 1.82) is 5.26 Å². The van der Waals surface area contributed by atoms with Crippen LogP contribution in [0.15, 0.2) is 22.8 Å². The van der Waals surface area contributed by atoms with Gasteiger partial charge in [-0.1, -0.05) is 20.8 Å². The highest BCUT2D eigenvalue weighted by molar-refractivity contribution is 6.00. The van der Waals surface area contributed by atoms with Gasteiger partial charge in [-0.3, -0.25) is 9.48 Å². The topological polar surface area (TPSA) is 93.9 Å². The van der Waals surface area contributed by atoms with Crippen LogP contribution in [-0.4, -0.2) is 15.6 Å². The number of Topliss-reactive ketones (excluding diaryl/α,β-unsaturated/α-hetero) is 1. The molecule has 6 nitrogen and oxygen atoms in total. The minimum atomic E-state index is -0.488. The molecule has 0 fully saturated rings. The molecule has 0 aromatic carbocycles. The van der Waals surface area contributed by atoms with Crippen LogP contribution < -0.4 is 5.73 Å². The zero-order valence-corrected chi connectivity index (χ0v) is 16.1. The number of nitrogens with zero attached hydrogens (tertiary/aromatic N) is 3. The van der Waals surface area contributed by atoms with Crippen molar-refractivity contribution in [3.8, 4) is 6.07 Å². The number of hydrogen-bond donors (Lipinski definition) is 1. The van der Waals surface area contributed by atoms with Crippen LogP contribution in [0.4, 0.5) is 0 Å². The summed E-state index contributed by atoms with van der Waals surface area (Å²) in [7, 11) is 0. The zero-order chi connectivity index (χ0) is 19.2. The molecule has 2 N–H and O–H groups in total. The van der Waals surface area contributed by atoms with Crippen LogP contribution in [0.25, 0.3) is 0 Å². The molecule has 2 aliphatic rings. The Balaban J connectivity index is 2.23. The van der Waals surface area contributed by atoms with Gasteiger partial charge in [0.05, 0.1) is 11.6 Å². The van der Waals surface area contributed by atoms with Gasteiger partial charge in [-0.25, -0.2) is 0 Å². The van der Waals surface area contributed by atoms with E-state index in [1.807, 2.05) is 32.4 Å². The maximum Gasteiger partial charge on any atom is 0.205 e. The fourth-order valence-corrected chi connectivity index (χ4v) is 4.13. The van der Waals surface area contributed by atoms with Gasteiger partial charge in [0, 0.05) is 36.2 Å². The Bertz CT molecular complexity index is 880. The Morgan fingerprint density at radius 1 is 1.38 bits per heavy atom. The van der Waals surface area contributed by atoms with Crippen LogP contribution in [0, 0.1) is 30.6 Å². The summed E-state index contributed by atoms with van der Waals surface area (Å²) in [4.78, 5) is 13.0. The average molecular weight is 354 g/mol. The molecular formula is C20H26N4O2. The highest BCUT2D eigenvalue weighted by Gasteiger charge is 2.44. The van der Waals surface area contributed by atoms with Gasteiger partial charge in [-0.15, -0.1) is 0 Å². The van der Waals surface area contributed by atoms with E-state index in [1.54, 1.807) is 0 Å². The Kier molecular flexibility index (Phi) is 4.43. The smallest absolute Gasteiger partial charge is 0.205 e. The van der Waals surface area contributed by atoms with Gasteiger partial charge < -0.3 is 10.5 Å². The lowest BCUT2D eigenvalue weighted by atomic mass is 9.70. The third kappa shape index (κ3) is 2.82. The number of aromatic nitrogens is 2. The fraction of sp³-hybridized carbons (Fsp3) is 0.550. The number of carbonyl (C=O) groups excluding carboxylic acids is 1. The molecule has 138 valence electrons. The highest BCUT2D eigenvalue weighted by atomic mass is 16.5. The number of rotatable bonds is 3. The number of hydrogen-bond acceptors (Lipinski definition) is 5. The molecule has 1 aliphatic heterocycles. The van der Waals surface area contributed by atoms with Gasteiger partial charge >= 0.3 is 0 Å². The molecule has 1 aromatic heterocycles. The second-order valence-electron chi connectivity index (χ2n) is 8.01. The van der Waals surface area contributed by atoms with Gasteiger partial charge in [0.1, 0.15) is 17.4 Å².